The van der Waals surface area contributed by atoms with Crippen molar-refractivity contribution in [1.82, 2.24) is 15.0 Å². The van der Waals surface area contributed by atoms with E-state index in [4.69, 9.17) is 4.52 Å². The van der Waals surface area contributed by atoms with Crippen LogP contribution in [0.1, 0.15) is 44.1 Å². The van der Waals surface area contributed by atoms with Crippen molar-refractivity contribution in [3.63, 3.8) is 0 Å². The van der Waals surface area contributed by atoms with Crippen molar-refractivity contribution in [1.29, 1.82) is 0 Å². The molecule has 2 heterocycles. The SMILES string of the molecule is CC(C)c1ccc(NC(=O)C2CCCN(Cc3nc(-c4ccccc4)no3)C2)cc1. The molecule has 1 aromatic heterocycles. The predicted molar refractivity (Wildman–Crippen MR) is 117 cm³/mol. The predicted octanol–water partition coefficient (Wildman–Crippen LogP) is 4.71. The van der Waals surface area contributed by atoms with Crippen LogP contribution in [0, 0.1) is 5.92 Å². The maximum Gasteiger partial charge on any atom is 0.241 e. The molecule has 1 aliphatic heterocycles. The molecule has 1 fully saturated rings. The maximum absolute atomic E-state index is 12.8. The van der Waals surface area contributed by atoms with Crippen molar-refractivity contribution in [2.75, 3.05) is 18.4 Å². The van der Waals surface area contributed by atoms with Crippen LogP contribution in [0.4, 0.5) is 5.69 Å². The first-order chi connectivity index (χ1) is 14.6. The average Bonchev–Trinajstić information content (AvgIpc) is 3.23. The molecular formula is C24H28N4O2. The molecule has 1 saturated heterocycles. The van der Waals surface area contributed by atoms with E-state index < -0.39 is 0 Å². The Morgan fingerprint density at radius 3 is 2.67 bits per heavy atom. The molecule has 1 atom stereocenters. The van der Waals surface area contributed by atoms with Crippen molar-refractivity contribution in [3.05, 3.63) is 66.1 Å². The quantitative estimate of drug-likeness (QED) is 0.644. The first-order valence-corrected chi connectivity index (χ1v) is 10.6. The molecule has 0 radical (unpaired) electrons. The van der Waals surface area contributed by atoms with Gasteiger partial charge >= 0.3 is 0 Å². The number of likely N-dealkylation sites (tertiary alicyclic amines) is 1. The molecule has 1 N–H and O–H groups in total. The summed E-state index contributed by atoms with van der Waals surface area (Å²) in [4.78, 5) is 19.5. The summed E-state index contributed by atoms with van der Waals surface area (Å²) in [7, 11) is 0. The number of hydrogen-bond acceptors (Lipinski definition) is 5. The van der Waals surface area contributed by atoms with E-state index in [2.05, 4.69) is 46.3 Å². The fourth-order valence-corrected chi connectivity index (χ4v) is 3.82. The van der Waals surface area contributed by atoms with Crippen LogP contribution in [0.2, 0.25) is 0 Å². The maximum atomic E-state index is 12.8. The molecule has 0 bridgehead atoms. The lowest BCUT2D eigenvalue weighted by Gasteiger charge is -2.30. The highest BCUT2D eigenvalue weighted by atomic mass is 16.5. The highest BCUT2D eigenvalue weighted by Gasteiger charge is 2.27. The molecule has 0 spiro atoms. The lowest BCUT2D eigenvalue weighted by atomic mass is 9.97. The van der Waals surface area contributed by atoms with Gasteiger partial charge in [0, 0.05) is 17.8 Å². The van der Waals surface area contributed by atoms with Crippen LogP contribution in [-0.2, 0) is 11.3 Å². The zero-order valence-electron chi connectivity index (χ0n) is 17.5. The van der Waals surface area contributed by atoms with Crippen molar-refractivity contribution < 1.29 is 9.32 Å². The number of anilines is 1. The monoisotopic (exact) mass is 404 g/mol. The van der Waals surface area contributed by atoms with Gasteiger partial charge in [0.1, 0.15) is 0 Å². The highest BCUT2D eigenvalue weighted by molar-refractivity contribution is 5.92. The second-order valence-electron chi connectivity index (χ2n) is 8.22. The van der Waals surface area contributed by atoms with E-state index in [1.165, 1.54) is 5.56 Å². The summed E-state index contributed by atoms with van der Waals surface area (Å²) in [5.41, 5.74) is 3.06. The van der Waals surface area contributed by atoms with Gasteiger partial charge in [0.2, 0.25) is 17.6 Å². The van der Waals surface area contributed by atoms with E-state index in [1.807, 2.05) is 42.5 Å². The molecule has 6 nitrogen and oxygen atoms in total. The van der Waals surface area contributed by atoms with Crippen LogP contribution in [-0.4, -0.2) is 34.0 Å². The lowest BCUT2D eigenvalue weighted by Crippen LogP contribution is -2.40. The van der Waals surface area contributed by atoms with Gasteiger partial charge in [-0.25, -0.2) is 0 Å². The minimum Gasteiger partial charge on any atom is -0.338 e. The van der Waals surface area contributed by atoms with Gasteiger partial charge in [-0.2, -0.15) is 4.98 Å². The number of nitrogens with one attached hydrogen (secondary N) is 1. The van der Waals surface area contributed by atoms with Crippen LogP contribution in [0.3, 0.4) is 0 Å². The Kier molecular flexibility index (Phi) is 6.23. The zero-order valence-corrected chi connectivity index (χ0v) is 17.5. The summed E-state index contributed by atoms with van der Waals surface area (Å²) in [6, 6.07) is 17.9. The van der Waals surface area contributed by atoms with Crippen LogP contribution in [0.15, 0.2) is 59.1 Å². The number of carbonyl (C=O) groups excluding carboxylic acids is 1. The number of aromatic nitrogens is 2. The average molecular weight is 405 g/mol. The summed E-state index contributed by atoms with van der Waals surface area (Å²) in [6.45, 7) is 6.51. The molecule has 4 rings (SSSR count). The van der Waals surface area contributed by atoms with Crippen LogP contribution < -0.4 is 5.32 Å². The molecule has 1 aliphatic rings. The largest absolute Gasteiger partial charge is 0.338 e. The summed E-state index contributed by atoms with van der Waals surface area (Å²) < 4.78 is 5.44. The third-order valence-corrected chi connectivity index (χ3v) is 5.58. The Morgan fingerprint density at radius 2 is 1.93 bits per heavy atom. The summed E-state index contributed by atoms with van der Waals surface area (Å²) >= 11 is 0. The number of rotatable bonds is 6. The Labute approximate surface area is 177 Å². The van der Waals surface area contributed by atoms with Gasteiger partial charge in [0.15, 0.2) is 0 Å². The van der Waals surface area contributed by atoms with E-state index in [0.717, 1.165) is 30.6 Å². The van der Waals surface area contributed by atoms with Crippen LogP contribution in [0.5, 0.6) is 0 Å². The highest BCUT2D eigenvalue weighted by Crippen LogP contribution is 2.22. The smallest absolute Gasteiger partial charge is 0.241 e. The number of nitrogens with zero attached hydrogens (tertiary/aromatic N) is 3. The second-order valence-corrected chi connectivity index (χ2v) is 8.22. The van der Waals surface area contributed by atoms with Crippen LogP contribution >= 0.6 is 0 Å². The molecule has 156 valence electrons. The number of benzene rings is 2. The molecule has 1 unspecified atom stereocenters. The van der Waals surface area contributed by atoms with Crippen molar-refractivity contribution >= 4 is 11.6 Å². The number of piperidine rings is 1. The fourth-order valence-electron chi connectivity index (χ4n) is 3.82. The van der Waals surface area contributed by atoms with Gasteiger partial charge in [-0.1, -0.05) is 61.5 Å². The van der Waals surface area contributed by atoms with Gasteiger partial charge in [-0.3, -0.25) is 9.69 Å². The third kappa shape index (κ3) is 4.94. The number of amides is 1. The minimum atomic E-state index is -0.0416. The Morgan fingerprint density at radius 1 is 1.17 bits per heavy atom. The topological polar surface area (TPSA) is 71.3 Å². The molecule has 3 aromatic rings. The third-order valence-electron chi connectivity index (χ3n) is 5.58. The van der Waals surface area contributed by atoms with Crippen molar-refractivity contribution in [2.45, 2.75) is 39.2 Å². The molecule has 30 heavy (non-hydrogen) atoms. The summed E-state index contributed by atoms with van der Waals surface area (Å²) in [5, 5.41) is 7.16. The van der Waals surface area contributed by atoms with Gasteiger partial charge in [0.05, 0.1) is 12.5 Å². The molecule has 6 heteroatoms. The second kappa shape index (κ2) is 9.22. The number of hydrogen-bond donors (Lipinski definition) is 1. The summed E-state index contributed by atoms with van der Waals surface area (Å²) in [5.74, 6) is 1.70. The Balaban J connectivity index is 1.34. The fraction of sp³-hybridized carbons (Fsp3) is 0.375. The number of carbonyl (C=O) groups is 1. The normalized spacial score (nSPS) is 17.2. The summed E-state index contributed by atoms with van der Waals surface area (Å²) in [6.07, 6.45) is 1.87. The van der Waals surface area contributed by atoms with Gasteiger partial charge in [0.25, 0.3) is 0 Å². The van der Waals surface area contributed by atoms with E-state index in [0.29, 0.717) is 30.7 Å². The lowest BCUT2D eigenvalue weighted by molar-refractivity contribution is -0.121. The molecular weight excluding hydrogens is 376 g/mol. The van der Waals surface area contributed by atoms with Crippen molar-refractivity contribution in [3.8, 4) is 11.4 Å². The van der Waals surface area contributed by atoms with E-state index in [9.17, 15) is 4.79 Å². The Hall–Kier alpha value is -2.99. The van der Waals surface area contributed by atoms with Crippen LogP contribution in [0.25, 0.3) is 11.4 Å². The van der Waals surface area contributed by atoms with Crippen molar-refractivity contribution in [2.24, 2.45) is 5.92 Å². The Bertz CT molecular complexity index is 966. The minimum absolute atomic E-state index is 0.0416. The molecule has 0 saturated carbocycles. The first kappa shape index (κ1) is 20.3. The van der Waals surface area contributed by atoms with Gasteiger partial charge in [-0.05, 0) is 43.0 Å². The molecule has 0 aliphatic carbocycles. The zero-order chi connectivity index (χ0) is 20.9. The van der Waals surface area contributed by atoms with Gasteiger partial charge < -0.3 is 9.84 Å². The van der Waals surface area contributed by atoms with E-state index >= 15 is 0 Å². The molecule has 1 amide bonds. The van der Waals surface area contributed by atoms with E-state index in [-0.39, 0.29) is 11.8 Å². The van der Waals surface area contributed by atoms with E-state index in [1.54, 1.807) is 0 Å². The standard InChI is InChI=1S/C24H28N4O2/c1-17(2)18-10-12-21(13-11-18)25-24(29)20-9-6-14-28(15-20)16-22-26-23(27-30-22)19-7-4-3-5-8-19/h3-5,7-8,10-13,17,20H,6,9,14-16H2,1-2H3,(H,25,29). The molecule has 2 aromatic carbocycles. The first-order valence-electron chi connectivity index (χ1n) is 10.6. The van der Waals surface area contributed by atoms with Gasteiger partial charge in [-0.15, -0.1) is 0 Å².